The van der Waals surface area contributed by atoms with Crippen LogP contribution in [0.5, 0.6) is 0 Å². The summed E-state index contributed by atoms with van der Waals surface area (Å²) in [5.41, 5.74) is 2.40. The van der Waals surface area contributed by atoms with Crippen LogP contribution >= 0.6 is 0 Å². The van der Waals surface area contributed by atoms with Gasteiger partial charge in [-0.2, -0.15) is 0 Å². The topological polar surface area (TPSA) is 87.3 Å². The third kappa shape index (κ3) is 4.83. The lowest BCUT2D eigenvalue weighted by molar-refractivity contribution is -0.121. The Hall–Kier alpha value is -2.83. The van der Waals surface area contributed by atoms with E-state index in [4.69, 9.17) is 4.74 Å². The van der Waals surface area contributed by atoms with Gasteiger partial charge >= 0.3 is 6.09 Å². The number of amides is 2. The lowest BCUT2D eigenvalue weighted by Crippen LogP contribution is -2.50. The Balaban J connectivity index is 1.87. The highest BCUT2D eigenvalue weighted by atomic mass is 16.6. The van der Waals surface area contributed by atoms with Crippen LogP contribution in [-0.2, 0) is 22.4 Å². The molecule has 1 aliphatic heterocycles. The number of hydrogen-bond donors (Lipinski definition) is 2. The van der Waals surface area contributed by atoms with Crippen LogP contribution in [-0.4, -0.2) is 33.6 Å². The maximum absolute atomic E-state index is 13.6. The number of H-pyrrole nitrogens is 1. The summed E-state index contributed by atoms with van der Waals surface area (Å²) in [7, 11) is 0. The van der Waals surface area contributed by atoms with Crippen LogP contribution in [0.3, 0.4) is 0 Å². The number of nitrogens with one attached hydrogen (secondary N) is 2. The van der Waals surface area contributed by atoms with Crippen molar-refractivity contribution in [2.45, 2.75) is 78.0 Å². The number of nitrogens with zero attached hydrogens (tertiary/aromatic N) is 2. The predicted molar refractivity (Wildman–Crippen MR) is 116 cm³/mol. The summed E-state index contributed by atoms with van der Waals surface area (Å²) >= 11 is 0. The SMILES string of the molecule is CCCc1cnc(C2Cc3ccccc3N2C(=O)C(CC)NC(=O)OC(C)(C)C)[nH]1. The molecule has 1 aromatic carbocycles. The first-order valence-electron chi connectivity index (χ1n) is 10.7. The van der Waals surface area contributed by atoms with Crippen LogP contribution in [0.4, 0.5) is 10.5 Å². The fraction of sp³-hybridized carbons (Fsp3) is 0.522. The lowest BCUT2D eigenvalue weighted by atomic mass is 10.1. The van der Waals surface area contributed by atoms with E-state index in [0.717, 1.165) is 35.6 Å². The zero-order valence-corrected chi connectivity index (χ0v) is 18.5. The standard InChI is InChI=1S/C23H32N4O3/c1-6-10-16-14-24-20(25-16)19-13-15-11-8-9-12-18(15)27(19)21(28)17(7-2)26-22(29)30-23(3,4)5/h8-9,11-12,14,17,19H,6-7,10,13H2,1-5H3,(H,24,25)(H,26,29). The third-order valence-corrected chi connectivity index (χ3v) is 5.09. The van der Waals surface area contributed by atoms with Gasteiger partial charge in [-0.15, -0.1) is 0 Å². The summed E-state index contributed by atoms with van der Waals surface area (Å²) in [5.74, 6) is 0.613. The van der Waals surface area contributed by atoms with Crippen molar-refractivity contribution in [3.8, 4) is 0 Å². The Bertz CT molecular complexity index is 900. The van der Waals surface area contributed by atoms with Crippen LogP contribution in [0.15, 0.2) is 30.5 Å². The molecular weight excluding hydrogens is 380 g/mol. The number of ether oxygens (including phenoxy) is 1. The van der Waals surface area contributed by atoms with Crippen molar-refractivity contribution >= 4 is 17.7 Å². The molecule has 2 amide bonds. The number of aromatic nitrogens is 2. The zero-order valence-electron chi connectivity index (χ0n) is 18.5. The van der Waals surface area contributed by atoms with Gasteiger partial charge in [-0.05, 0) is 45.2 Å². The van der Waals surface area contributed by atoms with E-state index in [-0.39, 0.29) is 11.9 Å². The summed E-state index contributed by atoms with van der Waals surface area (Å²) in [6, 6.07) is 6.98. The number of rotatable bonds is 6. The molecule has 0 fully saturated rings. The lowest BCUT2D eigenvalue weighted by Gasteiger charge is -2.29. The van der Waals surface area contributed by atoms with Crippen LogP contribution in [0.25, 0.3) is 0 Å². The molecular formula is C23H32N4O3. The van der Waals surface area contributed by atoms with Gasteiger partial charge in [-0.3, -0.25) is 9.69 Å². The van der Waals surface area contributed by atoms with Gasteiger partial charge in [0.1, 0.15) is 17.5 Å². The van der Waals surface area contributed by atoms with E-state index in [1.807, 2.05) is 37.4 Å². The molecule has 0 aliphatic carbocycles. The second kappa shape index (κ2) is 8.90. The Morgan fingerprint density at radius 2 is 2.03 bits per heavy atom. The van der Waals surface area contributed by atoms with Gasteiger partial charge in [-0.1, -0.05) is 38.5 Å². The summed E-state index contributed by atoms with van der Waals surface area (Å²) in [6.45, 7) is 9.39. The van der Waals surface area contributed by atoms with Gasteiger partial charge in [0.2, 0.25) is 5.91 Å². The number of alkyl carbamates (subject to hydrolysis) is 1. The third-order valence-electron chi connectivity index (χ3n) is 5.09. The monoisotopic (exact) mass is 412 g/mol. The smallest absolute Gasteiger partial charge is 0.408 e. The van der Waals surface area contributed by atoms with E-state index < -0.39 is 17.7 Å². The quantitative estimate of drug-likeness (QED) is 0.741. The van der Waals surface area contributed by atoms with E-state index in [1.165, 1.54) is 0 Å². The number of carbonyl (C=O) groups is 2. The minimum absolute atomic E-state index is 0.160. The van der Waals surface area contributed by atoms with E-state index in [2.05, 4.69) is 22.2 Å². The Morgan fingerprint density at radius 3 is 2.70 bits per heavy atom. The number of carbonyl (C=O) groups excluding carboxylic acids is 2. The molecule has 2 N–H and O–H groups in total. The van der Waals surface area contributed by atoms with E-state index >= 15 is 0 Å². The van der Waals surface area contributed by atoms with Crippen molar-refractivity contribution in [2.24, 2.45) is 0 Å². The molecule has 0 saturated carbocycles. The molecule has 2 aromatic rings. The van der Waals surface area contributed by atoms with Gasteiger partial charge in [-0.25, -0.2) is 9.78 Å². The molecule has 0 spiro atoms. The first-order chi connectivity index (χ1) is 14.2. The molecule has 2 unspecified atom stereocenters. The molecule has 0 saturated heterocycles. The molecule has 2 heterocycles. The van der Waals surface area contributed by atoms with Crippen molar-refractivity contribution in [3.05, 3.63) is 47.5 Å². The largest absolute Gasteiger partial charge is 0.444 e. The normalized spacial score (nSPS) is 16.8. The molecule has 2 atom stereocenters. The molecule has 3 rings (SSSR count). The molecule has 7 nitrogen and oxygen atoms in total. The van der Waals surface area contributed by atoms with E-state index in [9.17, 15) is 9.59 Å². The average Bonchev–Trinajstić information content (AvgIpc) is 3.28. The van der Waals surface area contributed by atoms with Crippen molar-refractivity contribution < 1.29 is 14.3 Å². The molecule has 1 aliphatic rings. The van der Waals surface area contributed by atoms with Gasteiger partial charge < -0.3 is 15.0 Å². The van der Waals surface area contributed by atoms with Gasteiger partial charge in [0.25, 0.3) is 0 Å². The van der Waals surface area contributed by atoms with E-state index in [0.29, 0.717) is 12.8 Å². The molecule has 0 bridgehead atoms. The van der Waals surface area contributed by atoms with Gasteiger partial charge in [0.15, 0.2) is 0 Å². The van der Waals surface area contributed by atoms with Gasteiger partial charge in [0.05, 0.1) is 6.04 Å². The van der Waals surface area contributed by atoms with Crippen molar-refractivity contribution in [1.29, 1.82) is 0 Å². The zero-order chi connectivity index (χ0) is 21.9. The second-order valence-corrected chi connectivity index (χ2v) is 8.71. The number of benzene rings is 1. The summed E-state index contributed by atoms with van der Waals surface area (Å²) < 4.78 is 5.35. The summed E-state index contributed by atoms with van der Waals surface area (Å²) in [6.07, 6.45) is 4.34. The minimum Gasteiger partial charge on any atom is -0.444 e. The number of aryl methyl sites for hydroxylation is 1. The fourth-order valence-electron chi connectivity index (χ4n) is 3.78. The number of aromatic amines is 1. The predicted octanol–water partition coefficient (Wildman–Crippen LogP) is 4.30. The summed E-state index contributed by atoms with van der Waals surface area (Å²) in [4.78, 5) is 35.6. The first-order valence-corrected chi connectivity index (χ1v) is 10.7. The second-order valence-electron chi connectivity index (χ2n) is 8.71. The Labute approximate surface area is 178 Å². The maximum Gasteiger partial charge on any atom is 0.408 e. The minimum atomic E-state index is -0.682. The summed E-state index contributed by atoms with van der Waals surface area (Å²) in [5, 5.41) is 2.75. The van der Waals surface area contributed by atoms with Crippen LogP contribution in [0.1, 0.15) is 70.6 Å². The van der Waals surface area contributed by atoms with Crippen molar-refractivity contribution in [1.82, 2.24) is 15.3 Å². The van der Waals surface area contributed by atoms with Crippen molar-refractivity contribution in [3.63, 3.8) is 0 Å². The van der Waals surface area contributed by atoms with Crippen molar-refractivity contribution in [2.75, 3.05) is 4.90 Å². The Kier molecular flexibility index (Phi) is 6.48. The number of anilines is 1. The number of hydrogen-bond acceptors (Lipinski definition) is 4. The highest BCUT2D eigenvalue weighted by Gasteiger charge is 2.39. The molecule has 7 heteroatoms. The van der Waals surface area contributed by atoms with E-state index in [1.54, 1.807) is 25.7 Å². The number of imidazole rings is 1. The molecule has 0 radical (unpaired) electrons. The average molecular weight is 413 g/mol. The highest BCUT2D eigenvalue weighted by Crippen LogP contribution is 2.40. The van der Waals surface area contributed by atoms with Gasteiger partial charge in [0, 0.05) is 24.0 Å². The molecule has 1 aromatic heterocycles. The highest BCUT2D eigenvalue weighted by molar-refractivity contribution is 6.01. The van der Waals surface area contributed by atoms with Crippen LogP contribution in [0, 0.1) is 0 Å². The fourth-order valence-corrected chi connectivity index (χ4v) is 3.78. The number of fused-ring (bicyclic) bond motifs is 1. The van der Waals surface area contributed by atoms with Crippen LogP contribution < -0.4 is 10.2 Å². The Morgan fingerprint density at radius 1 is 1.30 bits per heavy atom. The molecule has 162 valence electrons. The first kappa shape index (κ1) is 21.9. The number of para-hydroxylation sites is 1. The maximum atomic E-state index is 13.6. The van der Waals surface area contributed by atoms with Crippen LogP contribution in [0.2, 0.25) is 0 Å². The molecule has 30 heavy (non-hydrogen) atoms.